The second-order valence-electron chi connectivity index (χ2n) is 4.59. The number of hydrogen-bond donors (Lipinski definition) is 0. The quantitative estimate of drug-likeness (QED) is 0.846. The zero-order valence-corrected chi connectivity index (χ0v) is 11.6. The van der Waals surface area contributed by atoms with E-state index < -0.39 is 0 Å². The van der Waals surface area contributed by atoms with E-state index in [1.54, 1.807) is 11.8 Å². The SMILES string of the molecule is CCCc1nnc2n1-c1ccc(CC)cc1CS2. The lowest BCUT2D eigenvalue weighted by Gasteiger charge is -2.19. The molecular formula is C14H17N3S. The van der Waals surface area contributed by atoms with E-state index in [0.29, 0.717) is 0 Å². The third kappa shape index (κ3) is 1.85. The Morgan fingerprint density at radius 3 is 2.94 bits per heavy atom. The number of fused-ring (bicyclic) bond motifs is 3. The molecule has 0 spiro atoms. The first kappa shape index (κ1) is 11.8. The molecule has 0 saturated heterocycles. The van der Waals surface area contributed by atoms with Crippen molar-refractivity contribution >= 4 is 11.8 Å². The number of rotatable bonds is 3. The molecule has 18 heavy (non-hydrogen) atoms. The molecule has 1 aliphatic rings. The van der Waals surface area contributed by atoms with Crippen LogP contribution in [0, 0.1) is 0 Å². The van der Waals surface area contributed by atoms with Gasteiger partial charge in [0, 0.05) is 12.2 Å². The van der Waals surface area contributed by atoms with Crippen molar-refractivity contribution in [2.75, 3.05) is 0 Å². The first-order valence-electron chi connectivity index (χ1n) is 6.52. The fourth-order valence-electron chi connectivity index (χ4n) is 2.36. The summed E-state index contributed by atoms with van der Waals surface area (Å²) in [4.78, 5) is 0. The van der Waals surface area contributed by atoms with Crippen molar-refractivity contribution in [1.29, 1.82) is 0 Å². The maximum absolute atomic E-state index is 4.32. The van der Waals surface area contributed by atoms with E-state index in [0.717, 1.165) is 36.0 Å². The fraction of sp³-hybridized carbons (Fsp3) is 0.429. The minimum Gasteiger partial charge on any atom is -0.274 e. The molecule has 1 aromatic heterocycles. The standard InChI is InChI=1S/C14H17N3S/c1-3-5-13-15-16-14-17(13)12-7-6-10(4-2)8-11(12)9-18-14/h6-8H,3-5,9H2,1-2H3. The summed E-state index contributed by atoms with van der Waals surface area (Å²) in [6.45, 7) is 4.38. The Balaban J connectivity index is 2.12. The minimum atomic E-state index is 0.989. The number of thioether (sulfide) groups is 1. The van der Waals surface area contributed by atoms with Gasteiger partial charge in [-0.2, -0.15) is 0 Å². The van der Waals surface area contributed by atoms with Crippen molar-refractivity contribution < 1.29 is 0 Å². The van der Waals surface area contributed by atoms with E-state index in [9.17, 15) is 0 Å². The highest BCUT2D eigenvalue weighted by Crippen LogP contribution is 2.34. The van der Waals surface area contributed by atoms with Crippen molar-refractivity contribution in [3.63, 3.8) is 0 Å². The van der Waals surface area contributed by atoms with Gasteiger partial charge in [0.05, 0.1) is 5.69 Å². The van der Waals surface area contributed by atoms with Crippen molar-refractivity contribution in [2.45, 2.75) is 44.0 Å². The predicted molar refractivity (Wildman–Crippen MR) is 74.3 cm³/mol. The van der Waals surface area contributed by atoms with Crippen LogP contribution >= 0.6 is 11.8 Å². The number of aryl methyl sites for hydroxylation is 2. The smallest absolute Gasteiger partial charge is 0.196 e. The summed E-state index contributed by atoms with van der Waals surface area (Å²) in [5.74, 6) is 2.10. The molecule has 0 amide bonds. The number of aromatic nitrogens is 3. The first-order chi connectivity index (χ1) is 8.83. The first-order valence-corrected chi connectivity index (χ1v) is 7.51. The molecule has 0 atom stereocenters. The van der Waals surface area contributed by atoms with Gasteiger partial charge >= 0.3 is 0 Å². The normalized spacial score (nSPS) is 13.2. The van der Waals surface area contributed by atoms with Gasteiger partial charge in [-0.05, 0) is 30.0 Å². The maximum atomic E-state index is 4.32. The molecule has 0 radical (unpaired) electrons. The molecule has 3 nitrogen and oxygen atoms in total. The van der Waals surface area contributed by atoms with E-state index in [1.807, 2.05) is 0 Å². The van der Waals surface area contributed by atoms with E-state index in [1.165, 1.54) is 16.8 Å². The Kier molecular flexibility index (Phi) is 3.12. The average molecular weight is 259 g/mol. The topological polar surface area (TPSA) is 30.7 Å². The van der Waals surface area contributed by atoms with Crippen LogP contribution in [0.25, 0.3) is 5.69 Å². The summed E-state index contributed by atoms with van der Waals surface area (Å²) < 4.78 is 2.23. The summed E-state index contributed by atoms with van der Waals surface area (Å²) >= 11 is 1.79. The van der Waals surface area contributed by atoms with Gasteiger partial charge in [0.25, 0.3) is 0 Å². The molecule has 0 bridgehead atoms. The van der Waals surface area contributed by atoms with Crippen LogP contribution in [0.1, 0.15) is 37.2 Å². The van der Waals surface area contributed by atoms with Gasteiger partial charge in [-0.3, -0.25) is 4.57 Å². The molecule has 4 heteroatoms. The van der Waals surface area contributed by atoms with Crippen LogP contribution < -0.4 is 0 Å². The Hall–Kier alpha value is -1.29. The van der Waals surface area contributed by atoms with Gasteiger partial charge in [0.15, 0.2) is 5.16 Å². The van der Waals surface area contributed by atoms with Crippen molar-refractivity contribution in [3.8, 4) is 5.69 Å². The van der Waals surface area contributed by atoms with Gasteiger partial charge in [0.1, 0.15) is 5.82 Å². The highest BCUT2D eigenvalue weighted by molar-refractivity contribution is 7.98. The van der Waals surface area contributed by atoms with Crippen LogP contribution in [-0.2, 0) is 18.6 Å². The zero-order valence-electron chi connectivity index (χ0n) is 10.8. The van der Waals surface area contributed by atoms with Gasteiger partial charge < -0.3 is 0 Å². The number of nitrogens with zero attached hydrogens (tertiary/aromatic N) is 3. The van der Waals surface area contributed by atoms with Gasteiger partial charge in [-0.15, -0.1) is 10.2 Å². The molecule has 1 aromatic carbocycles. The second kappa shape index (κ2) is 4.76. The lowest BCUT2D eigenvalue weighted by atomic mass is 10.1. The highest BCUT2D eigenvalue weighted by atomic mass is 32.2. The summed E-state index contributed by atoms with van der Waals surface area (Å²) in [6.07, 6.45) is 3.18. The molecule has 2 heterocycles. The van der Waals surface area contributed by atoms with Crippen molar-refractivity contribution in [3.05, 3.63) is 35.2 Å². The van der Waals surface area contributed by atoms with Crippen LogP contribution in [0.4, 0.5) is 0 Å². The Bertz CT molecular complexity index is 574. The lowest BCUT2D eigenvalue weighted by molar-refractivity contribution is 0.775. The van der Waals surface area contributed by atoms with Gasteiger partial charge in [-0.25, -0.2) is 0 Å². The van der Waals surface area contributed by atoms with Crippen LogP contribution in [0.5, 0.6) is 0 Å². The van der Waals surface area contributed by atoms with Crippen LogP contribution in [0.15, 0.2) is 23.4 Å². The lowest BCUT2D eigenvalue weighted by Crippen LogP contribution is -2.09. The maximum Gasteiger partial charge on any atom is 0.196 e. The summed E-state index contributed by atoms with van der Waals surface area (Å²) in [5.41, 5.74) is 4.08. The Morgan fingerprint density at radius 2 is 2.17 bits per heavy atom. The highest BCUT2D eigenvalue weighted by Gasteiger charge is 2.21. The molecule has 3 rings (SSSR count). The number of hydrogen-bond acceptors (Lipinski definition) is 3. The third-order valence-electron chi connectivity index (χ3n) is 3.32. The van der Waals surface area contributed by atoms with Crippen molar-refractivity contribution in [2.24, 2.45) is 0 Å². The molecule has 2 aromatic rings. The molecule has 0 aliphatic carbocycles. The molecule has 0 fully saturated rings. The molecular weight excluding hydrogens is 242 g/mol. The van der Waals surface area contributed by atoms with E-state index >= 15 is 0 Å². The largest absolute Gasteiger partial charge is 0.274 e. The van der Waals surface area contributed by atoms with Crippen LogP contribution in [0.3, 0.4) is 0 Å². The minimum absolute atomic E-state index is 0.989. The third-order valence-corrected chi connectivity index (χ3v) is 4.30. The zero-order chi connectivity index (χ0) is 12.5. The van der Waals surface area contributed by atoms with E-state index in [-0.39, 0.29) is 0 Å². The van der Waals surface area contributed by atoms with Gasteiger partial charge in [-0.1, -0.05) is 37.7 Å². The monoisotopic (exact) mass is 259 g/mol. The summed E-state index contributed by atoms with van der Waals surface area (Å²) in [6, 6.07) is 6.76. The summed E-state index contributed by atoms with van der Waals surface area (Å²) in [7, 11) is 0. The molecule has 94 valence electrons. The predicted octanol–water partition coefficient (Wildman–Crippen LogP) is 3.39. The molecule has 0 unspecified atom stereocenters. The molecule has 1 aliphatic heterocycles. The molecule has 0 saturated carbocycles. The van der Waals surface area contributed by atoms with Gasteiger partial charge in [0.2, 0.25) is 0 Å². The Labute approximate surface area is 112 Å². The molecule has 0 N–H and O–H groups in total. The van der Waals surface area contributed by atoms with Crippen LogP contribution in [0.2, 0.25) is 0 Å². The second-order valence-corrected chi connectivity index (χ2v) is 5.53. The number of benzene rings is 1. The fourth-order valence-corrected chi connectivity index (χ4v) is 3.30. The van der Waals surface area contributed by atoms with Crippen LogP contribution in [-0.4, -0.2) is 14.8 Å². The van der Waals surface area contributed by atoms with E-state index in [2.05, 4.69) is 46.8 Å². The van der Waals surface area contributed by atoms with Crippen molar-refractivity contribution in [1.82, 2.24) is 14.8 Å². The average Bonchev–Trinajstić information content (AvgIpc) is 2.82. The summed E-state index contributed by atoms with van der Waals surface area (Å²) in [5, 5.41) is 9.65. The Morgan fingerprint density at radius 1 is 1.28 bits per heavy atom. The van der Waals surface area contributed by atoms with E-state index in [4.69, 9.17) is 0 Å².